The SMILES string of the molecule is Cc1occc(=O)c1O.Cc1occc(=O)c1OCc1ccccc1.O=C(O)c1occc(=O)c1OCc1ccccc1.O=Cc1occc(=O)c1OCc1ccccc1.O=c1ccoc(/C=C/c2ccccc2)c1OCc1ccccc1. The first-order chi connectivity index (χ1) is 40.3. The number of carboxylic acids is 1. The first-order valence-corrected chi connectivity index (χ1v) is 25.1. The molecule has 5 heterocycles. The van der Waals surface area contributed by atoms with Crippen molar-refractivity contribution in [3.8, 4) is 28.7 Å². The van der Waals surface area contributed by atoms with E-state index < -0.39 is 22.6 Å². The van der Waals surface area contributed by atoms with Crippen molar-refractivity contribution in [2.24, 2.45) is 0 Å². The van der Waals surface area contributed by atoms with Gasteiger partial charge in [-0.15, -0.1) is 0 Å². The Balaban J connectivity index is 0.000000171. The first kappa shape index (κ1) is 61.0. The average Bonchev–Trinajstić information content (AvgIpc) is 3.57. The number of carbonyl (C=O) groups is 2. The molecule has 18 heteroatoms. The van der Waals surface area contributed by atoms with E-state index in [2.05, 4.69) is 4.42 Å². The number of rotatable bonds is 16. The van der Waals surface area contributed by atoms with E-state index >= 15 is 0 Å². The van der Waals surface area contributed by atoms with Gasteiger partial charge in [-0.25, -0.2) is 4.79 Å². The standard InChI is InChI=1S/C20H16O3.C13H10O5.C13H10O4.C13H12O3.C6H6O3/c21-18-13-14-22-19(12-11-16-7-3-1-4-8-16)20(18)23-15-17-9-5-2-6-10-17;14-10-6-7-17-12(13(15)16)11(10)18-8-9-4-2-1-3-5-9;14-8-12-13(11(15)6-7-16-12)17-9-10-4-2-1-3-5-10;1-10-13(12(14)7-8-15-10)16-9-11-5-3-2-4-6-11;1-4-6(8)5(7)2-3-9-4/h1-14H,15H2;1-7H,8H2,(H,15,16);1-8H,9H2;2-8H,9H2,1H3;2-3,8H,1H3/b12-11+;;;;. The Labute approximate surface area is 473 Å². The minimum absolute atomic E-state index is 0.0497. The van der Waals surface area contributed by atoms with E-state index in [-0.39, 0.29) is 69.8 Å². The number of carbonyl (C=O) groups excluding carboxylic acids is 1. The van der Waals surface area contributed by atoms with Crippen LogP contribution in [0.5, 0.6) is 28.7 Å². The fourth-order valence-corrected chi connectivity index (χ4v) is 6.84. The van der Waals surface area contributed by atoms with Crippen LogP contribution in [0, 0.1) is 13.8 Å². The smallest absolute Gasteiger partial charge is 0.375 e. The van der Waals surface area contributed by atoms with E-state index in [9.17, 15) is 33.6 Å². The van der Waals surface area contributed by atoms with Crippen molar-refractivity contribution in [3.63, 3.8) is 0 Å². The molecule has 0 bridgehead atoms. The Morgan fingerprint density at radius 1 is 0.398 bits per heavy atom. The molecular weight excluding hydrogens is 1070 g/mol. The Hall–Kier alpha value is -11.3. The maximum Gasteiger partial charge on any atom is 0.375 e. The zero-order chi connectivity index (χ0) is 59.2. The number of aromatic hydroxyl groups is 1. The lowest BCUT2D eigenvalue weighted by atomic mass is 10.2. The third kappa shape index (κ3) is 19.9. The molecule has 0 saturated heterocycles. The summed E-state index contributed by atoms with van der Waals surface area (Å²) in [5.41, 5.74) is 3.14. The summed E-state index contributed by atoms with van der Waals surface area (Å²) in [6, 6.07) is 53.9. The van der Waals surface area contributed by atoms with Gasteiger partial charge in [0.2, 0.25) is 61.7 Å². The van der Waals surface area contributed by atoms with Crippen LogP contribution in [0.3, 0.4) is 0 Å². The highest BCUT2D eigenvalue weighted by Gasteiger charge is 2.18. The second-order valence-corrected chi connectivity index (χ2v) is 17.0. The lowest BCUT2D eigenvalue weighted by molar-refractivity contribution is 0.0650. The predicted molar refractivity (Wildman–Crippen MR) is 307 cm³/mol. The number of hydrogen-bond acceptors (Lipinski definition) is 17. The summed E-state index contributed by atoms with van der Waals surface area (Å²) in [5, 5.41) is 17.7. The van der Waals surface area contributed by atoms with E-state index in [0.717, 1.165) is 40.1 Å². The van der Waals surface area contributed by atoms with Crippen LogP contribution in [-0.2, 0) is 26.4 Å². The van der Waals surface area contributed by atoms with E-state index in [4.69, 9.17) is 46.8 Å². The molecule has 0 spiro atoms. The molecule has 10 aromatic rings. The Bertz CT molecular complexity index is 3940. The number of hydrogen-bond donors (Lipinski definition) is 2. The summed E-state index contributed by atoms with van der Waals surface area (Å²) in [4.78, 5) is 78.6. The molecule has 0 aliphatic rings. The van der Waals surface area contributed by atoms with Crippen LogP contribution in [0.1, 0.15) is 66.2 Å². The van der Waals surface area contributed by atoms with Crippen LogP contribution in [0.2, 0.25) is 0 Å². The highest BCUT2D eigenvalue weighted by atomic mass is 16.5. The molecule has 2 N–H and O–H groups in total. The topological polar surface area (TPSA) is 263 Å². The number of aromatic carboxylic acids is 1. The lowest BCUT2D eigenvalue weighted by Gasteiger charge is -2.07. The molecule has 422 valence electrons. The normalized spacial score (nSPS) is 10.1. The minimum Gasteiger partial charge on any atom is -0.502 e. The fraction of sp³-hybridized carbons (Fsp3) is 0.0923. The monoisotopic (exact) mass is 1120 g/mol. The van der Waals surface area contributed by atoms with Gasteiger partial charge in [0.1, 0.15) is 37.9 Å². The van der Waals surface area contributed by atoms with Crippen LogP contribution in [-0.4, -0.2) is 22.5 Å². The molecule has 5 aromatic heterocycles. The number of benzene rings is 5. The predicted octanol–water partition coefficient (Wildman–Crippen LogP) is 11.5. The summed E-state index contributed by atoms with van der Waals surface area (Å²) in [7, 11) is 0. The number of aldehydes is 1. The molecule has 0 fully saturated rings. The Kier molecular flexibility index (Phi) is 23.9. The molecule has 10 rings (SSSR count). The summed E-state index contributed by atoms with van der Waals surface area (Å²) in [5.74, 6) is -0.876. The molecule has 0 unspecified atom stereocenters. The average molecular weight is 1120 g/mol. The quantitative estimate of drug-likeness (QED) is 0.0852. The molecule has 0 aliphatic carbocycles. The van der Waals surface area contributed by atoms with Crippen LogP contribution >= 0.6 is 0 Å². The van der Waals surface area contributed by atoms with Gasteiger partial charge in [0, 0.05) is 30.3 Å². The summed E-state index contributed by atoms with van der Waals surface area (Å²) >= 11 is 0. The summed E-state index contributed by atoms with van der Waals surface area (Å²) in [6.07, 6.45) is 10.3. The third-order valence-electron chi connectivity index (χ3n) is 11.0. The molecule has 0 atom stereocenters. The van der Waals surface area contributed by atoms with E-state index in [1.807, 2.05) is 158 Å². The van der Waals surface area contributed by atoms with Gasteiger partial charge in [0.05, 0.1) is 31.3 Å². The van der Waals surface area contributed by atoms with Gasteiger partial charge in [-0.05, 0) is 47.7 Å². The molecular formula is C65H54O18. The number of ether oxygens (including phenoxy) is 4. The summed E-state index contributed by atoms with van der Waals surface area (Å²) < 4.78 is 46.5. The van der Waals surface area contributed by atoms with Crippen molar-refractivity contribution in [2.75, 3.05) is 0 Å². The zero-order valence-electron chi connectivity index (χ0n) is 44.7. The zero-order valence-corrected chi connectivity index (χ0v) is 44.7. The van der Waals surface area contributed by atoms with Crippen molar-refractivity contribution >= 4 is 24.4 Å². The second-order valence-electron chi connectivity index (χ2n) is 17.0. The molecule has 0 aliphatic heterocycles. The number of carboxylic acid groups (broad SMARTS) is 1. The molecule has 5 aromatic carbocycles. The van der Waals surface area contributed by atoms with Crippen molar-refractivity contribution in [1.29, 1.82) is 0 Å². The largest absolute Gasteiger partial charge is 0.502 e. The van der Waals surface area contributed by atoms with Gasteiger partial charge in [-0.3, -0.25) is 28.8 Å². The van der Waals surface area contributed by atoms with Crippen LogP contribution in [0.4, 0.5) is 0 Å². The van der Waals surface area contributed by atoms with Gasteiger partial charge >= 0.3 is 5.97 Å². The highest BCUT2D eigenvalue weighted by Crippen LogP contribution is 2.20. The highest BCUT2D eigenvalue weighted by molar-refractivity contribution is 5.87. The van der Waals surface area contributed by atoms with Crippen molar-refractivity contribution < 1.29 is 60.8 Å². The van der Waals surface area contributed by atoms with Gasteiger partial charge in [-0.1, -0.05) is 158 Å². The molecule has 18 nitrogen and oxygen atoms in total. The van der Waals surface area contributed by atoms with Crippen molar-refractivity contribution in [2.45, 2.75) is 40.3 Å². The molecule has 0 saturated carbocycles. The van der Waals surface area contributed by atoms with Crippen LogP contribution < -0.4 is 46.1 Å². The van der Waals surface area contributed by atoms with Crippen molar-refractivity contribution in [1.82, 2.24) is 0 Å². The van der Waals surface area contributed by atoms with Gasteiger partial charge in [0.25, 0.3) is 5.76 Å². The Morgan fingerprint density at radius 2 is 0.735 bits per heavy atom. The minimum atomic E-state index is -1.34. The van der Waals surface area contributed by atoms with Crippen molar-refractivity contribution in [3.05, 3.63) is 321 Å². The van der Waals surface area contributed by atoms with E-state index in [1.54, 1.807) is 13.0 Å². The molecule has 0 radical (unpaired) electrons. The van der Waals surface area contributed by atoms with Gasteiger partial charge in [0.15, 0.2) is 12.0 Å². The summed E-state index contributed by atoms with van der Waals surface area (Å²) in [6.45, 7) is 4.25. The number of aryl methyl sites for hydroxylation is 2. The maximum atomic E-state index is 12.1. The molecule has 0 amide bonds. The van der Waals surface area contributed by atoms with Gasteiger partial charge < -0.3 is 51.2 Å². The third-order valence-corrected chi connectivity index (χ3v) is 11.0. The maximum absolute atomic E-state index is 12.1. The molecule has 83 heavy (non-hydrogen) atoms. The van der Waals surface area contributed by atoms with E-state index in [0.29, 0.717) is 31.0 Å². The Morgan fingerprint density at radius 3 is 1.14 bits per heavy atom. The lowest BCUT2D eigenvalue weighted by Crippen LogP contribution is -2.12. The van der Waals surface area contributed by atoms with E-state index in [1.165, 1.54) is 56.2 Å². The second kappa shape index (κ2) is 32.6. The van der Waals surface area contributed by atoms with Crippen LogP contribution in [0.15, 0.2) is 259 Å². The fourth-order valence-electron chi connectivity index (χ4n) is 6.84. The first-order valence-electron chi connectivity index (χ1n) is 25.1. The van der Waals surface area contributed by atoms with Crippen LogP contribution in [0.25, 0.3) is 12.2 Å². The van der Waals surface area contributed by atoms with Gasteiger partial charge in [-0.2, -0.15) is 0 Å².